The molecule has 0 radical (unpaired) electrons. The molecule has 0 saturated carbocycles. The zero-order valence-electron chi connectivity index (χ0n) is 61.4. The van der Waals surface area contributed by atoms with Gasteiger partial charge in [0, 0.05) is 19.3 Å². The van der Waals surface area contributed by atoms with E-state index in [1.807, 2.05) is 0 Å². The second-order valence-electron chi connectivity index (χ2n) is 24.7. The van der Waals surface area contributed by atoms with E-state index in [1.54, 1.807) is 0 Å². The molecule has 0 aliphatic rings. The molecule has 4 N–H and O–H groups in total. The molecule has 0 heterocycles. The van der Waals surface area contributed by atoms with Gasteiger partial charge in [0.05, 0.1) is 26.4 Å². The van der Waals surface area contributed by atoms with E-state index in [1.165, 1.54) is 32.1 Å². The number of aliphatic hydroxyl groups excluding tert-OH is 2. The number of phosphoric acid groups is 2. The topological polar surface area (TPSA) is 231 Å². The van der Waals surface area contributed by atoms with Gasteiger partial charge >= 0.3 is 33.6 Å². The summed E-state index contributed by atoms with van der Waals surface area (Å²) in [6, 6.07) is 0. The van der Waals surface area contributed by atoms with Gasteiger partial charge in [-0.15, -0.1) is 0 Å². The molecule has 16 nitrogen and oxygen atoms in total. The molecule has 5 unspecified atom stereocenters. The van der Waals surface area contributed by atoms with Crippen LogP contribution in [0.25, 0.3) is 0 Å². The van der Waals surface area contributed by atoms with Crippen molar-refractivity contribution >= 4 is 33.6 Å². The lowest BCUT2D eigenvalue weighted by atomic mass is 10.1. The van der Waals surface area contributed by atoms with Crippen molar-refractivity contribution in [2.75, 3.05) is 39.6 Å². The second-order valence-corrected chi connectivity index (χ2v) is 27.6. The van der Waals surface area contributed by atoms with Gasteiger partial charge in [-0.3, -0.25) is 32.5 Å². The Hall–Kier alpha value is -4.83. The third-order valence-electron chi connectivity index (χ3n) is 15.2. The number of carbonyl (C=O) groups is 3. The monoisotopic (exact) mass is 1420 g/mol. The molecule has 0 amide bonds. The average molecular weight is 1430 g/mol. The van der Waals surface area contributed by atoms with Crippen LogP contribution in [-0.4, -0.2) is 95.9 Å². The Labute approximate surface area is 600 Å². The van der Waals surface area contributed by atoms with Crippen molar-refractivity contribution in [1.29, 1.82) is 0 Å². The normalized spacial score (nSPS) is 14.9. The first-order chi connectivity index (χ1) is 48.2. The van der Waals surface area contributed by atoms with Crippen molar-refractivity contribution in [2.24, 2.45) is 0 Å². The predicted molar refractivity (Wildman–Crippen MR) is 408 cm³/mol. The van der Waals surface area contributed by atoms with Crippen molar-refractivity contribution in [1.82, 2.24) is 0 Å². The van der Waals surface area contributed by atoms with Crippen LogP contribution in [0.15, 0.2) is 158 Å². The quantitative estimate of drug-likeness (QED) is 0.0146. The first kappa shape index (κ1) is 94.2. The molecule has 0 aliphatic heterocycles. The lowest BCUT2D eigenvalue weighted by Gasteiger charge is -2.21. The third-order valence-corrected chi connectivity index (χ3v) is 17.1. The SMILES string of the molecule is CC/C=C\C/C=C\C/C=C\C/C=C\C/C=C\C/C=C\CCCCCCCCCCCCC(=O)OCC(O)COP(=O)(O)OCC(O)COP(=O)(O)OCC(COC(=O)CCCCCC/C=C\C/C=C\C/C=C\C/C=C\CC)OC(=O)CCCCCCCCC/C=C\C/C=C\C/C=C\CC. The van der Waals surface area contributed by atoms with Gasteiger partial charge in [0.15, 0.2) is 6.10 Å². The van der Waals surface area contributed by atoms with Crippen LogP contribution in [-0.2, 0) is 55.8 Å². The molecular formula is C81H134O16P2. The van der Waals surface area contributed by atoms with E-state index in [9.17, 15) is 43.5 Å². The summed E-state index contributed by atoms with van der Waals surface area (Å²) in [5, 5.41) is 20.6. The maximum absolute atomic E-state index is 13.0. The van der Waals surface area contributed by atoms with E-state index in [4.69, 9.17) is 32.3 Å². The Bertz CT molecular complexity index is 2430. The van der Waals surface area contributed by atoms with E-state index < -0.39 is 91.5 Å². The standard InChI is InChI=1S/C81H134O16P2/c1-4-7-10-13-16-19-22-25-28-31-32-33-34-35-36-37-38-39-40-41-42-45-47-49-52-55-58-61-64-67-79(84)91-70-76(82)71-93-98(87,88)94-72-77(83)73-95-99(89,90)96-75-78(97-81(86)69-66-63-60-57-54-51-48-44-30-27-24-21-18-15-12-9-6-3)74-92-80(85)68-65-62-59-56-53-50-46-43-29-26-23-20-17-14-11-8-5-2/h7-12,16-21,25-30,32-33,35-36,38-39,46,50,76-78,82-83H,4-6,13-15,22-24,31,34,37,40-45,47-49,51-75H2,1-3H3,(H,87,88)(H,89,90)/b10-7-,11-8-,12-9-,19-16-,20-17-,21-18-,28-25-,29-26-,30-27-,33-32-,36-35-,39-38-,50-46-. The zero-order valence-corrected chi connectivity index (χ0v) is 63.1. The van der Waals surface area contributed by atoms with Crippen molar-refractivity contribution in [3.8, 4) is 0 Å². The fourth-order valence-electron chi connectivity index (χ4n) is 9.58. The Balaban J connectivity index is 4.58. The number of hydrogen-bond donors (Lipinski definition) is 4. The largest absolute Gasteiger partial charge is 0.472 e. The van der Waals surface area contributed by atoms with Crippen LogP contribution in [0.1, 0.15) is 278 Å². The van der Waals surface area contributed by atoms with Gasteiger partial charge < -0.3 is 34.2 Å². The van der Waals surface area contributed by atoms with Crippen molar-refractivity contribution in [3.05, 3.63) is 158 Å². The first-order valence-electron chi connectivity index (χ1n) is 37.8. The number of allylic oxidation sites excluding steroid dienone is 26. The minimum atomic E-state index is -4.94. The smallest absolute Gasteiger partial charge is 0.463 e. The Morgan fingerprint density at radius 3 is 0.798 bits per heavy atom. The van der Waals surface area contributed by atoms with Gasteiger partial charge in [0.1, 0.15) is 25.4 Å². The van der Waals surface area contributed by atoms with E-state index in [2.05, 4.69) is 179 Å². The third kappa shape index (κ3) is 74.2. The highest BCUT2D eigenvalue weighted by atomic mass is 31.2. The average Bonchev–Trinajstić information content (AvgIpc) is 2.18. The summed E-state index contributed by atoms with van der Waals surface area (Å²) >= 11 is 0. The van der Waals surface area contributed by atoms with Crippen LogP contribution in [0.3, 0.4) is 0 Å². The molecule has 564 valence electrons. The number of phosphoric ester groups is 2. The molecule has 0 spiro atoms. The van der Waals surface area contributed by atoms with Gasteiger partial charge in [0.25, 0.3) is 0 Å². The summed E-state index contributed by atoms with van der Waals surface area (Å²) in [4.78, 5) is 58.6. The highest BCUT2D eigenvalue weighted by molar-refractivity contribution is 7.47. The molecule has 18 heteroatoms. The zero-order chi connectivity index (χ0) is 72.3. The lowest BCUT2D eigenvalue weighted by molar-refractivity contribution is -0.161. The highest BCUT2D eigenvalue weighted by Gasteiger charge is 2.29. The van der Waals surface area contributed by atoms with Crippen molar-refractivity contribution in [2.45, 2.75) is 296 Å². The fourth-order valence-corrected chi connectivity index (χ4v) is 11.2. The summed E-state index contributed by atoms with van der Waals surface area (Å²) in [5.74, 6) is -1.62. The minimum absolute atomic E-state index is 0.0830. The van der Waals surface area contributed by atoms with Gasteiger partial charge in [0.2, 0.25) is 0 Å². The van der Waals surface area contributed by atoms with E-state index >= 15 is 0 Å². The van der Waals surface area contributed by atoms with Crippen LogP contribution in [0.5, 0.6) is 0 Å². The Morgan fingerprint density at radius 2 is 0.505 bits per heavy atom. The molecule has 99 heavy (non-hydrogen) atoms. The summed E-state index contributed by atoms with van der Waals surface area (Å²) in [6.45, 7) is 2.28. The molecule has 0 aromatic heterocycles. The summed E-state index contributed by atoms with van der Waals surface area (Å²) in [6.07, 6.45) is 90.0. The number of hydrogen-bond acceptors (Lipinski definition) is 14. The van der Waals surface area contributed by atoms with Crippen LogP contribution in [0.2, 0.25) is 0 Å². The van der Waals surface area contributed by atoms with Crippen LogP contribution >= 0.6 is 15.6 Å². The minimum Gasteiger partial charge on any atom is -0.463 e. The van der Waals surface area contributed by atoms with E-state index in [0.717, 1.165) is 186 Å². The molecule has 0 aromatic rings. The summed E-state index contributed by atoms with van der Waals surface area (Å²) < 4.78 is 61.0. The van der Waals surface area contributed by atoms with Crippen molar-refractivity contribution in [3.63, 3.8) is 0 Å². The maximum Gasteiger partial charge on any atom is 0.472 e. The van der Waals surface area contributed by atoms with Crippen molar-refractivity contribution < 1.29 is 75.8 Å². The Kier molecular flexibility index (Phi) is 69.4. The summed E-state index contributed by atoms with van der Waals surface area (Å²) in [5.41, 5.74) is 0. The van der Waals surface area contributed by atoms with Gasteiger partial charge in [-0.1, -0.05) is 275 Å². The first-order valence-corrected chi connectivity index (χ1v) is 40.8. The highest BCUT2D eigenvalue weighted by Crippen LogP contribution is 2.45. The predicted octanol–water partition coefficient (Wildman–Crippen LogP) is 21.9. The number of ether oxygens (including phenoxy) is 3. The number of rotatable bonds is 70. The molecule has 0 aliphatic carbocycles. The second kappa shape index (κ2) is 72.9. The molecule has 0 rings (SSSR count). The lowest BCUT2D eigenvalue weighted by Crippen LogP contribution is -2.30. The van der Waals surface area contributed by atoms with E-state index in [-0.39, 0.29) is 19.3 Å². The molecule has 0 fully saturated rings. The number of carbonyl (C=O) groups excluding carboxylic acids is 3. The number of aliphatic hydroxyl groups is 2. The van der Waals surface area contributed by atoms with Gasteiger partial charge in [-0.05, 0) is 141 Å². The van der Waals surface area contributed by atoms with Gasteiger partial charge in [-0.25, -0.2) is 9.13 Å². The molecule has 0 bridgehead atoms. The van der Waals surface area contributed by atoms with Crippen LogP contribution < -0.4 is 0 Å². The van der Waals surface area contributed by atoms with Crippen LogP contribution in [0, 0.1) is 0 Å². The summed E-state index contributed by atoms with van der Waals surface area (Å²) in [7, 11) is -9.81. The fraction of sp³-hybridized carbons (Fsp3) is 0.642. The molecule has 5 atom stereocenters. The number of esters is 3. The molecule has 0 saturated heterocycles. The molecular weight excluding hydrogens is 1290 g/mol. The van der Waals surface area contributed by atoms with Gasteiger partial charge in [-0.2, -0.15) is 0 Å². The van der Waals surface area contributed by atoms with Crippen LogP contribution in [0.4, 0.5) is 0 Å². The molecule has 0 aromatic carbocycles. The van der Waals surface area contributed by atoms with E-state index in [0.29, 0.717) is 19.3 Å². The number of unbranched alkanes of at least 4 members (excludes halogenated alkanes) is 21. The Morgan fingerprint density at radius 1 is 0.283 bits per heavy atom. The maximum atomic E-state index is 13.0.